The molecule has 0 aliphatic heterocycles. The van der Waals surface area contributed by atoms with Crippen LogP contribution < -0.4 is 11.1 Å². The van der Waals surface area contributed by atoms with E-state index < -0.39 is 0 Å². The summed E-state index contributed by atoms with van der Waals surface area (Å²) in [6, 6.07) is 16.2. The van der Waals surface area contributed by atoms with Crippen molar-refractivity contribution in [3.63, 3.8) is 0 Å². The molecule has 0 radical (unpaired) electrons. The van der Waals surface area contributed by atoms with Crippen molar-refractivity contribution in [3.05, 3.63) is 59.1 Å². The molecule has 0 fully saturated rings. The Morgan fingerprint density at radius 1 is 1.00 bits per heavy atom. The second-order valence-corrected chi connectivity index (χ2v) is 5.54. The molecule has 4 heteroatoms. The average molecular weight is 269 g/mol. The van der Waals surface area contributed by atoms with Gasteiger partial charge in [-0.2, -0.15) is 0 Å². The minimum Gasteiger partial charge on any atom is -0.399 e. The number of nitrogens with zero attached hydrogens (tertiary/aromatic N) is 1. The van der Waals surface area contributed by atoms with Crippen LogP contribution in [0.4, 0.5) is 5.69 Å². The van der Waals surface area contributed by atoms with Crippen LogP contribution in [0.3, 0.4) is 0 Å². The number of rotatable bonds is 4. The lowest BCUT2D eigenvalue weighted by atomic mass is 10.2. The van der Waals surface area contributed by atoms with Gasteiger partial charge in [0.15, 0.2) is 0 Å². The fourth-order valence-electron chi connectivity index (χ4n) is 1.94. The third kappa shape index (κ3) is 2.92. The maximum Gasteiger partial charge on any atom is 0.108 e. The van der Waals surface area contributed by atoms with Gasteiger partial charge in [-0.15, -0.1) is 11.3 Å². The van der Waals surface area contributed by atoms with E-state index in [0.29, 0.717) is 0 Å². The summed E-state index contributed by atoms with van der Waals surface area (Å²) in [7, 11) is 0. The highest BCUT2D eigenvalue weighted by Crippen LogP contribution is 2.21. The minimum atomic E-state index is 0.795. The first-order valence-electron chi connectivity index (χ1n) is 6.21. The Kier molecular flexibility index (Phi) is 3.44. The largest absolute Gasteiger partial charge is 0.399 e. The number of nitrogens with one attached hydrogen (secondary N) is 1. The zero-order valence-electron chi connectivity index (χ0n) is 10.5. The van der Waals surface area contributed by atoms with Crippen molar-refractivity contribution in [2.45, 2.75) is 13.1 Å². The third-order valence-corrected chi connectivity index (χ3v) is 3.96. The zero-order chi connectivity index (χ0) is 13.1. The molecule has 0 amide bonds. The van der Waals surface area contributed by atoms with E-state index in [4.69, 9.17) is 5.73 Å². The van der Waals surface area contributed by atoms with Crippen LogP contribution in [0.1, 0.15) is 10.6 Å². The van der Waals surface area contributed by atoms with E-state index in [9.17, 15) is 0 Å². The summed E-state index contributed by atoms with van der Waals surface area (Å²) in [4.78, 5) is 4.59. The Labute approximate surface area is 116 Å². The van der Waals surface area contributed by atoms with Crippen molar-refractivity contribution in [1.82, 2.24) is 10.3 Å². The molecule has 1 heterocycles. The number of hydrogen-bond donors (Lipinski definition) is 2. The van der Waals surface area contributed by atoms with E-state index in [2.05, 4.69) is 22.4 Å². The number of fused-ring (bicyclic) bond motifs is 1. The average Bonchev–Trinajstić information content (AvgIpc) is 2.83. The van der Waals surface area contributed by atoms with Crippen molar-refractivity contribution in [3.8, 4) is 0 Å². The maximum absolute atomic E-state index is 5.66. The topological polar surface area (TPSA) is 50.9 Å². The van der Waals surface area contributed by atoms with Gasteiger partial charge in [-0.1, -0.05) is 24.3 Å². The summed E-state index contributed by atoms with van der Waals surface area (Å²) < 4.78 is 1.24. The Balaban J connectivity index is 1.61. The lowest BCUT2D eigenvalue weighted by molar-refractivity contribution is 0.691. The van der Waals surface area contributed by atoms with Crippen LogP contribution in [-0.2, 0) is 13.1 Å². The van der Waals surface area contributed by atoms with Gasteiger partial charge in [-0.05, 0) is 29.8 Å². The summed E-state index contributed by atoms with van der Waals surface area (Å²) >= 11 is 1.74. The van der Waals surface area contributed by atoms with E-state index in [-0.39, 0.29) is 0 Å². The molecule has 0 bridgehead atoms. The quantitative estimate of drug-likeness (QED) is 0.715. The first-order valence-corrected chi connectivity index (χ1v) is 7.02. The van der Waals surface area contributed by atoms with E-state index >= 15 is 0 Å². The Bertz CT molecular complexity index is 640. The van der Waals surface area contributed by atoms with Crippen molar-refractivity contribution in [2.75, 3.05) is 5.73 Å². The van der Waals surface area contributed by atoms with Gasteiger partial charge in [0.05, 0.1) is 10.2 Å². The SMILES string of the molecule is Nc1ccc(CNCc2nc3ccccc3s2)cc1. The van der Waals surface area contributed by atoms with E-state index in [0.717, 1.165) is 29.3 Å². The summed E-state index contributed by atoms with van der Waals surface area (Å²) in [5.74, 6) is 0. The van der Waals surface area contributed by atoms with Gasteiger partial charge in [0.25, 0.3) is 0 Å². The highest BCUT2D eigenvalue weighted by molar-refractivity contribution is 7.18. The second-order valence-electron chi connectivity index (χ2n) is 4.42. The van der Waals surface area contributed by atoms with Gasteiger partial charge >= 0.3 is 0 Å². The van der Waals surface area contributed by atoms with Gasteiger partial charge in [-0.3, -0.25) is 0 Å². The lowest BCUT2D eigenvalue weighted by Crippen LogP contribution is -2.12. The molecule has 1 aromatic heterocycles. The molecule has 3 N–H and O–H groups in total. The first-order chi connectivity index (χ1) is 9.31. The molecular weight excluding hydrogens is 254 g/mol. The molecule has 96 valence electrons. The van der Waals surface area contributed by atoms with Crippen molar-refractivity contribution >= 4 is 27.2 Å². The van der Waals surface area contributed by atoms with E-state index in [1.165, 1.54) is 10.3 Å². The third-order valence-electron chi connectivity index (χ3n) is 2.92. The van der Waals surface area contributed by atoms with Gasteiger partial charge in [0, 0.05) is 18.8 Å². The molecule has 3 rings (SSSR count). The molecule has 3 aromatic rings. The van der Waals surface area contributed by atoms with Crippen LogP contribution in [-0.4, -0.2) is 4.98 Å². The van der Waals surface area contributed by atoms with Crippen LogP contribution in [0.2, 0.25) is 0 Å². The number of hydrogen-bond acceptors (Lipinski definition) is 4. The number of para-hydroxylation sites is 1. The lowest BCUT2D eigenvalue weighted by Gasteiger charge is -2.03. The molecule has 0 aliphatic carbocycles. The number of nitrogens with two attached hydrogens (primary N) is 1. The molecule has 0 atom stereocenters. The smallest absolute Gasteiger partial charge is 0.108 e. The Morgan fingerprint density at radius 2 is 1.79 bits per heavy atom. The summed E-state index contributed by atoms with van der Waals surface area (Å²) in [5.41, 5.74) is 8.77. The number of aromatic nitrogens is 1. The van der Waals surface area contributed by atoms with Crippen LogP contribution in [0, 0.1) is 0 Å². The normalized spacial score (nSPS) is 10.9. The Hall–Kier alpha value is -1.91. The van der Waals surface area contributed by atoms with Gasteiger partial charge in [0.1, 0.15) is 5.01 Å². The molecule has 0 aliphatic rings. The van der Waals surface area contributed by atoms with E-state index in [1.807, 2.05) is 36.4 Å². The molecule has 0 spiro atoms. The van der Waals surface area contributed by atoms with Gasteiger partial charge in [-0.25, -0.2) is 4.98 Å². The molecule has 3 nitrogen and oxygen atoms in total. The fraction of sp³-hybridized carbons (Fsp3) is 0.133. The molecule has 19 heavy (non-hydrogen) atoms. The van der Waals surface area contributed by atoms with Crippen LogP contribution in [0.15, 0.2) is 48.5 Å². The zero-order valence-corrected chi connectivity index (χ0v) is 11.3. The standard InChI is InChI=1S/C15H15N3S/c16-12-7-5-11(6-8-12)9-17-10-15-18-13-3-1-2-4-14(13)19-15/h1-8,17H,9-10,16H2. The van der Waals surface area contributed by atoms with E-state index in [1.54, 1.807) is 11.3 Å². The number of nitrogen functional groups attached to an aromatic ring is 1. The second kappa shape index (κ2) is 5.38. The van der Waals surface area contributed by atoms with Gasteiger partial charge in [0.2, 0.25) is 0 Å². The minimum absolute atomic E-state index is 0.795. The highest BCUT2D eigenvalue weighted by atomic mass is 32.1. The molecule has 0 unspecified atom stereocenters. The number of benzene rings is 2. The van der Waals surface area contributed by atoms with Crippen LogP contribution in [0.5, 0.6) is 0 Å². The summed E-state index contributed by atoms with van der Waals surface area (Å²) in [6.07, 6.45) is 0. The fourth-order valence-corrected chi connectivity index (χ4v) is 2.88. The van der Waals surface area contributed by atoms with Crippen molar-refractivity contribution < 1.29 is 0 Å². The number of thiazole rings is 1. The summed E-state index contributed by atoms with van der Waals surface area (Å²) in [6.45, 7) is 1.62. The maximum atomic E-state index is 5.66. The molecule has 0 saturated carbocycles. The molecule has 2 aromatic carbocycles. The monoisotopic (exact) mass is 269 g/mol. The first kappa shape index (κ1) is 12.1. The number of anilines is 1. The summed E-state index contributed by atoms with van der Waals surface area (Å²) in [5, 5.41) is 4.53. The van der Waals surface area contributed by atoms with Crippen molar-refractivity contribution in [1.29, 1.82) is 0 Å². The predicted octanol–water partition coefficient (Wildman–Crippen LogP) is 3.17. The predicted molar refractivity (Wildman–Crippen MR) is 81.0 cm³/mol. The Morgan fingerprint density at radius 3 is 2.58 bits per heavy atom. The van der Waals surface area contributed by atoms with Crippen molar-refractivity contribution in [2.24, 2.45) is 0 Å². The van der Waals surface area contributed by atoms with Crippen LogP contribution in [0.25, 0.3) is 10.2 Å². The molecule has 0 saturated heterocycles. The van der Waals surface area contributed by atoms with Gasteiger partial charge < -0.3 is 11.1 Å². The van der Waals surface area contributed by atoms with Crippen LogP contribution >= 0.6 is 11.3 Å². The molecular formula is C15H15N3S. The highest BCUT2D eigenvalue weighted by Gasteiger charge is 2.02.